The average Bonchev–Trinajstić information content (AvgIpc) is 2.94. The van der Waals surface area contributed by atoms with Gasteiger partial charge in [-0.25, -0.2) is 0 Å². The van der Waals surface area contributed by atoms with Crippen LogP contribution in [0.5, 0.6) is 0 Å². The minimum atomic E-state index is -1.07. The number of carbonyl (C=O) groups excluding carboxylic acids is 1. The lowest BCUT2D eigenvalue weighted by Crippen LogP contribution is -2.35. The third-order valence-corrected chi connectivity index (χ3v) is 3.59. The van der Waals surface area contributed by atoms with E-state index in [1.54, 1.807) is 30.3 Å². The Balaban J connectivity index is 2.39. The normalized spacial score (nSPS) is 10.6. The van der Waals surface area contributed by atoms with Crippen molar-refractivity contribution in [3.63, 3.8) is 0 Å². The largest absolute Gasteiger partial charge is 0.480 e. The Kier molecular flexibility index (Phi) is 4.64. The lowest BCUT2D eigenvalue weighted by molar-refractivity contribution is -0.135. The lowest BCUT2D eigenvalue weighted by Gasteiger charge is -2.20. The van der Waals surface area contributed by atoms with Crippen LogP contribution in [0.25, 0.3) is 0 Å². The van der Waals surface area contributed by atoms with Crippen LogP contribution in [0, 0.1) is 0 Å². The molecule has 0 bridgehead atoms. The predicted octanol–water partition coefficient (Wildman–Crippen LogP) is 2.39. The van der Waals surface area contributed by atoms with Crippen molar-refractivity contribution >= 4 is 29.1 Å². The second kappa shape index (κ2) is 6.45. The molecule has 0 unspecified atom stereocenters. The van der Waals surface area contributed by atoms with Crippen LogP contribution in [0.2, 0.25) is 0 Å². The van der Waals surface area contributed by atoms with Gasteiger partial charge in [0.05, 0.1) is 5.69 Å². The number of para-hydroxylation sites is 1. The van der Waals surface area contributed by atoms with E-state index in [1.807, 2.05) is 13.8 Å². The number of carboxylic acid groups (broad SMARTS) is 1. The first-order chi connectivity index (χ1) is 10.0. The second-order valence-electron chi connectivity index (χ2n) is 4.76. The van der Waals surface area contributed by atoms with Gasteiger partial charge in [-0.15, -0.1) is 5.10 Å². The Morgan fingerprint density at radius 1 is 1.29 bits per heavy atom. The fourth-order valence-corrected chi connectivity index (χ4v) is 2.64. The number of rotatable bonds is 5. The van der Waals surface area contributed by atoms with Crippen molar-refractivity contribution in [2.75, 3.05) is 11.4 Å². The highest BCUT2D eigenvalue weighted by atomic mass is 32.1. The van der Waals surface area contributed by atoms with E-state index < -0.39 is 12.5 Å². The number of aliphatic carboxylic acids is 1. The van der Waals surface area contributed by atoms with E-state index in [4.69, 9.17) is 5.11 Å². The molecule has 1 heterocycles. The molecule has 2 aromatic rings. The first-order valence-corrected chi connectivity index (χ1v) is 7.19. The molecular formula is C14H15N3O3S. The average molecular weight is 305 g/mol. The highest BCUT2D eigenvalue weighted by molar-refractivity contribution is 7.08. The van der Waals surface area contributed by atoms with E-state index in [1.165, 1.54) is 4.90 Å². The van der Waals surface area contributed by atoms with Crippen LogP contribution in [0.4, 0.5) is 5.69 Å². The van der Waals surface area contributed by atoms with Crippen molar-refractivity contribution < 1.29 is 14.7 Å². The molecule has 0 fully saturated rings. The maximum atomic E-state index is 12.7. The third kappa shape index (κ3) is 3.43. The summed E-state index contributed by atoms with van der Waals surface area (Å²) in [5.41, 5.74) is 1.13. The third-order valence-electron chi connectivity index (χ3n) is 2.86. The van der Waals surface area contributed by atoms with E-state index in [0.717, 1.165) is 11.5 Å². The van der Waals surface area contributed by atoms with Gasteiger partial charge in [0.15, 0.2) is 0 Å². The standard InChI is InChI=1S/C14H15N3O3S/c1-9(2)12-13(21-16-15-12)14(20)17(8-11(18)19)10-6-4-3-5-7-10/h3-7,9H,8H2,1-2H3,(H,18,19). The molecule has 6 nitrogen and oxygen atoms in total. The highest BCUT2D eigenvalue weighted by Gasteiger charge is 2.26. The number of aromatic nitrogens is 2. The van der Waals surface area contributed by atoms with Gasteiger partial charge in [0.2, 0.25) is 0 Å². The van der Waals surface area contributed by atoms with Gasteiger partial charge in [0, 0.05) is 5.69 Å². The van der Waals surface area contributed by atoms with Crippen molar-refractivity contribution in [3.8, 4) is 0 Å². The summed E-state index contributed by atoms with van der Waals surface area (Å²) in [4.78, 5) is 25.3. The zero-order valence-electron chi connectivity index (χ0n) is 11.7. The minimum absolute atomic E-state index is 0.0464. The Labute approximate surface area is 126 Å². The summed E-state index contributed by atoms with van der Waals surface area (Å²) in [6.07, 6.45) is 0. The zero-order valence-corrected chi connectivity index (χ0v) is 12.5. The molecule has 0 atom stereocenters. The van der Waals surface area contributed by atoms with Gasteiger partial charge < -0.3 is 5.11 Å². The van der Waals surface area contributed by atoms with Gasteiger partial charge in [-0.1, -0.05) is 36.5 Å². The van der Waals surface area contributed by atoms with Crippen LogP contribution in [0.3, 0.4) is 0 Å². The molecule has 0 aliphatic rings. The second-order valence-corrected chi connectivity index (χ2v) is 5.52. The number of anilines is 1. The summed E-state index contributed by atoms with van der Waals surface area (Å²) in [6.45, 7) is 3.42. The van der Waals surface area contributed by atoms with E-state index in [0.29, 0.717) is 16.3 Å². The molecule has 2 rings (SSSR count). The number of nitrogens with zero attached hydrogens (tertiary/aromatic N) is 3. The number of carbonyl (C=O) groups is 2. The molecule has 1 aromatic carbocycles. The Morgan fingerprint density at radius 2 is 1.95 bits per heavy atom. The van der Waals surface area contributed by atoms with Crippen LogP contribution in [0.1, 0.15) is 35.1 Å². The summed E-state index contributed by atoms with van der Waals surface area (Å²) >= 11 is 0.991. The fourth-order valence-electron chi connectivity index (χ4n) is 1.87. The van der Waals surface area contributed by atoms with Gasteiger partial charge in [-0.05, 0) is 29.6 Å². The van der Waals surface area contributed by atoms with Gasteiger partial charge in [-0.2, -0.15) is 0 Å². The van der Waals surface area contributed by atoms with Crippen molar-refractivity contribution in [2.24, 2.45) is 0 Å². The number of benzene rings is 1. The number of hydrogen-bond acceptors (Lipinski definition) is 5. The summed E-state index contributed by atoms with van der Waals surface area (Å²) in [6, 6.07) is 8.72. The van der Waals surface area contributed by atoms with E-state index in [9.17, 15) is 9.59 Å². The van der Waals surface area contributed by atoms with Crippen molar-refractivity contribution in [1.82, 2.24) is 9.59 Å². The van der Waals surface area contributed by atoms with Crippen LogP contribution in [0.15, 0.2) is 30.3 Å². The first kappa shape index (κ1) is 15.1. The molecule has 1 amide bonds. The van der Waals surface area contributed by atoms with Gasteiger partial charge in [-0.3, -0.25) is 14.5 Å². The van der Waals surface area contributed by atoms with Crippen LogP contribution in [-0.4, -0.2) is 33.1 Å². The molecular weight excluding hydrogens is 290 g/mol. The van der Waals surface area contributed by atoms with Crippen molar-refractivity contribution in [3.05, 3.63) is 40.9 Å². The minimum Gasteiger partial charge on any atom is -0.480 e. The number of carboxylic acids is 1. The number of amides is 1. The molecule has 21 heavy (non-hydrogen) atoms. The molecule has 0 aliphatic carbocycles. The Hall–Kier alpha value is -2.28. The topological polar surface area (TPSA) is 83.4 Å². The van der Waals surface area contributed by atoms with E-state index >= 15 is 0 Å². The fraction of sp³-hybridized carbons (Fsp3) is 0.286. The van der Waals surface area contributed by atoms with E-state index in [2.05, 4.69) is 9.59 Å². The maximum Gasteiger partial charge on any atom is 0.323 e. The predicted molar refractivity (Wildman–Crippen MR) is 79.8 cm³/mol. The van der Waals surface area contributed by atoms with Gasteiger partial charge >= 0.3 is 5.97 Å². The SMILES string of the molecule is CC(C)c1nnsc1C(=O)N(CC(=O)O)c1ccccc1. The van der Waals surface area contributed by atoms with Gasteiger partial charge in [0.25, 0.3) is 5.91 Å². The Bertz CT molecular complexity index is 640. The van der Waals surface area contributed by atoms with E-state index in [-0.39, 0.29) is 11.8 Å². The molecule has 0 saturated carbocycles. The smallest absolute Gasteiger partial charge is 0.323 e. The maximum absolute atomic E-state index is 12.7. The summed E-state index contributed by atoms with van der Waals surface area (Å²) in [7, 11) is 0. The van der Waals surface area contributed by atoms with Crippen LogP contribution < -0.4 is 4.90 Å². The summed E-state index contributed by atoms with van der Waals surface area (Å²) < 4.78 is 3.82. The molecule has 7 heteroatoms. The Morgan fingerprint density at radius 3 is 2.52 bits per heavy atom. The van der Waals surface area contributed by atoms with Crippen LogP contribution >= 0.6 is 11.5 Å². The zero-order chi connectivity index (χ0) is 15.4. The molecule has 0 aliphatic heterocycles. The van der Waals surface area contributed by atoms with Gasteiger partial charge in [0.1, 0.15) is 11.4 Å². The molecule has 0 radical (unpaired) electrons. The first-order valence-electron chi connectivity index (χ1n) is 6.41. The molecule has 1 N–H and O–H groups in total. The van der Waals surface area contributed by atoms with Crippen molar-refractivity contribution in [2.45, 2.75) is 19.8 Å². The quantitative estimate of drug-likeness (QED) is 0.917. The highest BCUT2D eigenvalue weighted by Crippen LogP contribution is 2.24. The molecule has 0 spiro atoms. The summed E-state index contributed by atoms with van der Waals surface area (Å²) in [5.74, 6) is -1.41. The lowest BCUT2D eigenvalue weighted by atomic mass is 10.1. The van der Waals surface area contributed by atoms with Crippen LogP contribution in [-0.2, 0) is 4.79 Å². The molecule has 110 valence electrons. The molecule has 1 aromatic heterocycles. The van der Waals surface area contributed by atoms with Crippen molar-refractivity contribution in [1.29, 1.82) is 0 Å². The number of hydrogen-bond donors (Lipinski definition) is 1. The monoisotopic (exact) mass is 305 g/mol. The molecule has 0 saturated heterocycles. The summed E-state index contributed by atoms with van der Waals surface area (Å²) in [5, 5.41) is 13.0.